The molecule has 0 spiro atoms. The maximum Gasteiger partial charge on any atom is 0.227 e. The van der Waals surface area contributed by atoms with Crippen LogP contribution in [0, 0.1) is 11.8 Å². The number of anilines is 1. The average molecular weight is 332 g/mol. The van der Waals surface area contributed by atoms with Gasteiger partial charge in [-0.05, 0) is 44.2 Å². The third kappa shape index (κ3) is 5.25. The second-order valence-electron chi connectivity index (χ2n) is 6.41. The molecule has 24 heavy (non-hydrogen) atoms. The van der Waals surface area contributed by atoms with Gasteiger partial charge in [-0.3, -0.25) is 9.59 Å². The Kier molecular flexibility index (Phi) is 7.09. The van der Waals surface area contributed by atoms with E-state index in [1.807, 2.05) is 24.3 Å². The lowest BCUT2D eigenvalue weighted by atomic mass is 9.81. The topological polar surface area (TPSA) is 67.4 Å². The molecule has 1 aliphatic rings. The predicted molar refractivity (Wildman–Crippen MR) is 95.0 cm³/mol. The zero-order valence-electron chi connectivity index (χ0n) is 14.6. The molecule has 0 unspecified atom stereocenters. The predicted octanol–water partition coefficient (Wildman–Crippen LogP) is 3.36. The van der Waals surface area contributed by atoms with Crippen LogP contribution in [0.3, 0.4) is 0 Å². The van der Waals surface area contributed by atoms with Crippen molar-refractivity contribution in [3.8, 4) is 5.75 Å². The van der Waals surface area contributed by atoms with Crippen molar-refractivity contribution >= 4 is 17.5 Å². The normalized spacial score (nSPS) is 20.2. The van der Waals surface area contributed by atoms with E-state index in [2.05, 4.69) is 17.6 Å². The molecule has 0 heterocycles. The fourth-order valence-electron chi connectivity index (χ4n) is 3.10. The Hall–Kier alpha value is -2.04. The van der Waals surface area contributed by atoms with Gasteiger partial charge in [0.05, 0.1) is 7.11 Å². The third-order valence-electron chi connectivity index (χ3n) is 4.64. The van der Waals surface area contributed by atoms with Crippen LogP contribution in [0.2, 0.25) is 0 Å². The van der Waals surface area contributed by atoms with Crippen LogP contribution in [0.5, 0.6) is 5.75 Å². The highest BCUT2D eigenvalue weighted by atomic mass is 16.5. The van der Waals surface area contributed by atoms with Gasteiger partial charge >= 0.3 is 0 Å². The fourth-order valence-corrected chi connectivity index (χ4v) is 3.10. The van der Waals surface area contributed by atoms with Crippen LogP contribution in [0.4, 0.5) is 5.69 Å². The molecule has 132 valence electrons. The number of carbonyl (C=O) groups excluding carboxylic acids is 2. The SMILES string of the molecule is CCCCNC(=O)C1CCC(C(=O)Nc2cccc(OC)c2)CC1. The number of nitrogens with one attached hydrogen (secondary N) is 2. The van der Waals surface area contributed by atoms with Crippen molar-refractivity contribution in [1.29, 1.82) is 0 Å². The summed E-state index contributed by atoms with van der Waals surface area (Å²) < 4.78 is 5.17. The smallest absolute Gasteiger partial charge is 0.227 e. The summed E-state index contributed by atoms with van der Waals surface area (Å²) in [4.78, 5) is 24.5. The van der Waals surface area contributed by atoms with Crippen molar-refractivity contribution in [2.45, 2.75) is 45.4 Å². The number of amides is 2. The molecule has 1 aromatic rings. The van der Waals surface area contributed by atoms with Crippen LogP contribution in [-0.2, 0) is 9.59 Å². The molecular formula is C19H28N2O3. The van der Waals surface area contributed by atoms with Gasteiger partial charge in [0.1, 0.15) is 5.75 Å². The lowest BCUT2D eigenvalue weighted by Gasteiger charge is -2.27. The molecule has 1 saturated carbocycles. The molecule has 0 bridgehead atoms. The van der Waals surface area contributed by atoms with E-state index in [0.29, 0.717) is 0 Å². The first-order valence-corrected chi connectivity index (χ1v) is 8.86. The first-order chi connectivity index (χ1) is 11.6. The van der Waals surface area contributed by atoms with Gasteiger partial charge in [0.2, 0.25) is 11.8 Å². The highest BCUT2D eigenvalue weighted by Crippen LogP contribution is 2.30. The second-order valence-corrected chi connectivity index (χ2v) is 6.41. The first-order valence-electron chi connectivity index (χ1n) is 8.86. The van der Waals surface area contributed by atoms with E-state index in [-0.39, 0.29) is 23.7 Å². The maximum atomic E-state index is 12.4. The summed E-state index contributed by atoms with van der Waals surface area (Å²) in [6.45, 7) is 2.86. The Balaban J connectivity index is 1.78. The zero-order chi connectivity index (χ0) is 17.4. The van der Waals surface area contributed by atoms with Gasteiger partial charge in [-0.15, -0.1) is 0 Å². The van der Waals surface area contributed by atoms with Gasteiger partial charge in [0.25, 0.3) is 0 Å². The molecule has 1 aromatic carbocycles. The van der Waals surface area contributed by atoms with Crippen molar-refractivity contribution in [2.24, 2.45) is 11.8 Å². The molecule has 0 atom stereocenters. The minimum Gasteiger partial charge on any atom is -0.497 e. The van der Waals surface area contributed by atoms with Crippen LogP contribution < -0.4 is 15.4 Å². The molecule has 2 amide bonds. The largest absolute Gasteiger partial charge is 0.497 e. The van der Waals surface area contributed by atoms with E-state index in [9.17, 15) is 9.59 Å². The highest BCUT2D eigenvalue weighted by Gasteiger charge is 2.29. The van der Waals surface area contributed by atoms with Gasteiger partial charge in [-0.25, -0.2) is 0 Å². The molecule has 1 aliphatic carbocycles. The van der Waals surface area contributed by atoms with Crippen molar-refractivity contribution < 1.29 is 14.3 Å². The van der Waals surface area contributed by atoms with Gasteiger partial charge in [-0.2, -0.15) is 0 Å². The molecule has 0 saturated heterocycles. The molecule has 0 radical (unpaired) electrons. The van der Waals surface area contributed by atoms with Crippen molar-refractivity contribution in [3.05, 3.63) is 24.3 Å². The quantitative estimate of drug-likeness (QED) is 0.752. The molecule has 5 heteroatoms. The van der Waals surface area contributed by atoms with Gasteiger partial charge in [-0.1, -0.05) is 19.4 Å². The molecule has 1 fully saturated rings. The van der Waals surface area contributed by atoms with E-state index < -0.39 is 0 Å². The van der Waals surface area contributed by atoms with E-state index in [1.54, 1.807) is 7.11 Å². The second kappa shape index (κ2) is 9.30. The molecule has 2 N–H and O–H groups in total. The number of hydrogen-bond acceptors (Lipinski definition) is 3. The molecule has 2 rings (SSSR count). The van der Waals surface area contributed by atoms with Crippen LogP contribution in [0.1, 0.15) is 45.4 Å². The highest BCUT2D eigenvalue weighted by molar-refractivity contribution is 5.93. The van der Waals surface area contributed by atoms with Gasteiger partial charge in [0, 0.05) is 30.1 Å². The number of benzene rings is 1. The van der Waals surface area contributed by atoms with E-state index >= 15 is 0 Å². The Morgan fingerprint density at radius 2 is 1.79 bits per heavy atom. The number of hydrogen-bond donors (Lipinski definition) is 2. The van der Waals surface area contributed by atoms with Gasteiger partial charge in [0.15, 0.2) is 0 Å². The Morgan fingerprint density at radius 3 is 2.42 bits per heavy atom. The number of carbonyl (C=O) groups is 2. The molecular weight excluding hydrogens is 304 g/mol. The molecule has 0 aromatic heterocycles. The number of methoxy groups -OCH3 is 1. The fraction of sp³-hybridized carbons (Fsp3) is 0.579. The van der Waals surface area contributed by atoms with Crippen LogP contribution in [0.15, 0.2) is 24.3 Å². The number of ether oxygens (including phenoxy) is 1. The standard InChI is InChI=1S/C19H28N2O3/c1-3-4-12-20-18(22)14-8-10-15(11-9-14)19(23)21-16-6-5-7-17(13-16)24-2/h5-7,13-15H,3-4,8-12H2,1-2H3,(H,20,22)(H,21,23). The number of unbranched alkanes of at least 4 members (excludes halogenated alkanes) is 1. The van der Waals surface area contributed by atoms with E-state index in [1.165, 1.54) is 0 Å². The lowest BCUT2D eigenvalue weighted by molar-refractivity contribution is -0.128. The summed E-state index contributed by atoms with van der Waals surface area (Å²) in [6.07, 6.45) is 5.20. The van der Waals surface area contributed by atoms with Crippen LogP contribution >= 0.6 is 0 Å². The average Bonchev–Trinajstić information content (AvgIpc) is 2.62. The monoisotopic (exact) mass is 332 g/mol. The van der Waals surface area contributed by atoms with Crippen LogP contribution in [-0.4, -0.2) is 25.5 Å². The summed E-state index contributed by atoms with van der Waals surface area (Å²) in [5.74, 6) is 0.946. The zero-order valence-corrected chi connectivity index (χ0v) is 14.6. The van der Waals surface area contributed by atoms with Crippen LogP contribution in [0.25, 0.3) is 0 Å². The van der Waals surface area contributed by atoms with Gasteiger partial charge < -0.3 is 15.4 Å². The summed E-state index contributed by atoms with van der Waals surface area (Å²) in [6, 6.07) is 7.36. The Labute approximate surface area is 144 Å². The van der Waals surface area contributed by atoms with E-state index in [0.717, 1.165) is 56.5 Å². The van der Waals surface area contributed by atoms with Crippen molar-refractivity contribution in [2.75, 3.05) is 19.0 Å². The van der Waals surface area contributed by atoms with E-state index in [4.69, 9.17) is 4.74 Å². The third-order valence-corrected chi connectivity index (χ3v) is 4.64. The maximum absolute atomic E-state index is 12.4. The summed E-state index contributed by atoms with van der Waals surface area (Å²) in [7, 11) is 1.60. The Bertz CT molecular complexity index is 551. The summed E-state index contributed by atoms with van der Waals surface area (Å²) in [5.41, 5.74) is 0.749. The molecule has 5 nitrogen and oxygen atoms in total. The first kappa shape index (κ1) is 18.3. The van der Waals surface area contributed by atoms with Crippen molar-refractivity contribution in [1.82, 2.24) is 5.32 Å². The Morgan fingerprint density at radius 1 is 1.12 bits per heavy atom. The minimum absolute atomic E-state index is 0.0177. The summed E-state index contributed by atoms with van der Waals surface area (Å²) >= 11 is 0. The van der Waals surface area contributed by atoms with Crippen molar-refractivity contribution in [3.63, 3.8) is 0 Å². The molecule has 0 aliphatic heterocycles. The minimum atomic E-state index is -0.0177. The lowest BCUT2D eigenvalue weighted by Crippen LogP contribution is -2.35. The number of rotatable bonds is 7. The summed E-state index contributed by atoms with van der Waals surface area (Å²) in [5, 5.41) is 5.95.